The van der Waals surface area contributed by atoms with Gasteiger partial charge in [0.25, 0.3) is 0 Å². The van der Waals surface area contributed by atoms with Gasteiger partial charge in [-0.1, -0.05) is 25.5 Å². The van der Waals surface area contributed by atoms with Gasteiger partial charge in [0.15, 0.2) is 0 Å². The van der Waals surface area contributed by atoms with E-state index in [1.165, 1.54) is 5.57 Å². The molecule has 0 aromatic heterocycles. The Morgan fingerprint density at radius 1 is 1.36 bits per heavy atom. The van der Waals surface area contributed by atoms with Crippen LogP contribution in [0.3, 0.4) is 0 Å². The van der Waals surface area contributed by atoms with Crippen LogP contribution < -0.4 is 0 Å². The van der Waals surface area contributed by atoms with Crippen LogP contribution >= 0.6 is 0 Å². The highest BCUT2D eigenvalue weighted by molar-refractivity contribution is 5.82. The van der Waals surface area contributed by atoms with E-state index in [-0.39, 0.29) is 29.3 Å². The zero-order valence-corrected chi connectivity index (χ0v) is 13.8. The molecule has 0 aromatic carbocycles. The molecule has 122 valence electrons. The highest BCUT2D eigenvalue weighted by atomic mass is 16.3. The van der Waals surface area contributed by atoms with E-state index in [0.29, 0.717) is 18.1 Å². The third kappa shape index (κ3) is 1.67. The number of aliphatic hydroxyl groups excluding tert-OH is 1. The normalized spacial score (nSPS) is 53.7. The number of ketones is 1. The summed E-state index contributed by atoms with van der Waals surface area (Å²) in [6.07, 6.45) is 8.86. The van der Waals surface area contributed by atoms with Crippen LogP contribution in [0, 0.1) is 28.6 Å². The molecule has 0 saturated heterocycles. The summed E-state index contributed by atoms with van der Waals surface area (Å²) in [7, 11) is 0. The first-order valence-electron chi connectivity index (χ1n) is 8.92. The minimum Gasteiger partial charge on any atom is -0.393 e. The fourth-order valence-corrected chi connectivity index (χ4v) is 6.70. The Hall–Kier alpha value is -0.670. The summed E-state index contributed by atoms with van der Waals surface area (Å²) in [5, 5.41) is 20.6. The van der Waals surface area contributed by atoms with Crippen LogP contribution in [0.1, 0.15) is 58.8 Å². The van der Waals surface area contributed by atoms with Crippen molar-refractivity contribution in [3.8, 4) is 0 Å². The Kier molecular flexibility index (Phi) is 3.01. The van der Waals surface area contributed by atoms with Gasteiger partial charge in [-0.25, -0.2) is 0 Å². The lowest BCUT2D eigenvalue weighted by Crippen LogP contribution is -2.50. The molecule has 0 heterocycles. The van der Waals surface area contributed by atoms with Crippen molar-refractivity contribution in [2.45, 2.75) is 64.4 Å². The molecule has 4 aliphatic carbocycles. The lowest BCUT2D eigenvalue weighted by atomic mass is 9.47. The van der Waals surface area contributed by atoms with Gasteiger partial charge in [0.1, 0.15) is 5.78 Å². The zero-order valence-electron chi connectivity index (χ0n) is 13.8. The Morgan fingerprint density at radius 2 is 2.14 bits per heavy atom. The van der Waals surface area contributed by atoms with E-state index in [4.69, 9.17) is 0 Å². The average Bonchev–Trinajstić information content (AvgIpc) is 2.71. The van der Waals surface area contributed by atoms with Crippen LogP contribution in [-0.4, -0.2) is 28.2 Å². The molecule has 0 radical (unpaired) electrons. The van der Waals surface area contributed by atoms with Crippen molar-refractivity contribution in [3.05, 3.63) is 11.6 Å². The fraction of sp³-hybridized carbons (Fsp3) is 0.842. The number of fused-ring (bicyclic) bond motifs is 3. The summed E-state index contributed by atoms with van der Waals surface area (Å²) < 4.78 is 0. The molecular weight excluding hydrogens is 276 g/mol. The quantitative estimate of drug-likeness (QED) is 0.732. The second-order valence-corrected chi connectivity index (χ2v) is 8.79. The maximum Gasteiger partial charge on any atom is 0.136 e. The van der Waals surface area contributed by atoms with Crippen molar-refractivity contribution in [1.82, 2.24) is 0 Å². The molecule has 0 aromatic rings. The first kappa shape index (κ1) is 14.9. The van der Waals surface area contributed by atoms with Gasteiger partial charge in [-0.3, -0.25) is 4.79 Å². The van der Waals surface area contributed by atoms with Crippen molar-refractivity contribution in [3.63, 3.8) is 0 Å². The predicted molar refractivity (Wildman–Crippen MR) is 84.1 cm³/mol. The van der Waals surface area contributed by atoms with Gasteiger partial charge in [0, 0.05) is 12.3 Å². The molecule has 3 saturated carbocycles. The smallest absolute Gasteiger partial charge is 0.136 e. The van der Waals surface area contributed by atoms with E-state index in [1.807, 2.05) is 0 Å². The van der Waals surface area contributed by atoms with E-state index < -0.39 is 5.60 Å². The molecule has 0 amide bonds. The maximum absolute atomic E-state index is 12.2. The monoisotopic (exact) mass is 304 g/mol. The molecule has 1 spiro atoms. The number of hydrogen-bond donors (Lipinski definition) is 2. The van der Waals surface area contributed by atoms with Gasteiger partial charge in [0.05, 0.1) is 12.2 Å². The van der Waals surface area contributed by atoms with Gasteiger partial charge in [-0.2, -0.15) is 0 Å². The van der Waals surface area contributed by atoms with E-state index in [1.54, 1.807) is 0 Å². The second kappa shape index (κ2) is 4.45. The summed E-state index contributed by atoms with van der Waals surface area (Å²) in [4.78, 5) is 12.2. The van der Waals surface area contributed by atoms with Crippen LogP contribution in [0.4, 0.5) is 0 Å². The maximum atomic E-state index is 12.2. The summed E-state index contributed by atoms with van der Waals surface area (Å²) in [5.41, 5.74) is 0.844. The van der Waals surface area contributed by atoms with E-state index in [0.717, 1.165) is 38.5 Å². The molecule has 0 unspecified atom stereocenters. The average molecular weight is 304 g/mol. The molecule has 0 aliphatic heterocycles. The Morgan fingerprint density at radius 3 is 2.86 bits per heavy atom. The van der Waals surface area contributed by atoms with Crippen molar-refractivity contribution < 1.29 is 15.0 Å². The SMILES string of the molecule is C[C@H]1C(=O)CC[C@@]2(C)C3=CC[C@@H]4C[C@@]3(CC[C@H]12)C[C@]4(O)CO. The van der Waals surface area contributed by atoms with Gasteiger partial charge >= 0.3 is 0 Å². The van der Waals surface area contributed by atoms with E-state index in [2.05, 4.69) is 19.9 Å². The van der Waals surface area contributed by atoms with Gasteiger partial charge < -0.3 is 10.2 Å². The molecule has 4 rings (SSSR count). The van der Waals surface area contributed by atoms with Crippen LogP contribution in [0.25, 0.3) is 0 Å². The molecule has 6 atom stereocenters. The van der Waals surface area contributed by atoms with Crippen LogP contribution in [0.5, 0.6) is 0 Å². The van der Waals surface area contributed by atoms with Crippen LogP contribution in [0.15, 0.2) is 11.6 Å². The lowest BCUT2D eigenvalue weighted by Gasteiger charge is -2.57. The van der Waals surface area contributed by atoms with Crippen LogP contribution in [0.2, 0.25) is 0 Å². The van der Waals surface area contributed by atoms with Crippen molar-refractivity contribution in [2.24, 2.45) is 28.6 Å². The first-order valence-corrected chi connectivity index (χ1v) is 8.92. The number of hydrogen-bond acceptors (Lipinski definition) is 3. The first-order chi connectivity index (χ1) is 10.3. The number of aliphatic hydroxyl groups is 2. The Bertz CT molecular complexity index is 553. The largest absolute Gasteiger partial charge is 0.393 e. The van der Waals surface area contributed by atoms with Crippen molar-refractivity contribution in [2.75, 3.05) is 6.61 Å². The third-order valence-corrected chi connectivity index (χ3v) is 7.86. The minimum absolute atomic E-state index is 0.0890. The highest BCUT2D eigenvalue weighted by Gasteiger charge is 2.63. The number of Topliss-reactive ketones (excluding diaryl/α,β-unsaturated/α-hetero) is 1. The molecule has 3 heteroatoms. The molecule has 2 N–H and O–H groups in total. The predicted octanol–water partition coefficient (Wildman–Crippen LogP) is 2.85. The zero-order chi connectivity index (χ0) is 15.8. The number of carbonyl (C=O) groups is 1. The lowest BCUT2D eigenvalue weighted by molar-refractivity contribution is -0.131. The number of carbonyl (C=O) groups excluding carboxylic acids is 1. The second-order valence-electron chi connectivity index (χ2n) is 8.79. The van der Waals surface area contributed by atoms with E-state index >= 15 is 0 Å². The Labute approximate surface area is 132 Å². The summed E-state index contributed by atoms with van der Waals surface area (Å²) in [6, 6.07) is 0. The third-order valence-electron chi connectivity index (χ3n) is 7.86. The highest BCUT2D eigenvalue weighted by Crippen LogP contribution is 2.69. The Balaban J connectivity index is 1.75. The molecule has 2 bridgehead atoms. The molecule has 3 fully saturated rings. The minimum atomic E-state index is -0.891. The van der Waals surface area contributed by atoms with Gasteiger partial charge in [-0.05, 0) is 61.2 Å². The van der Waals surface area contributed by atoms with Crippen molar-refractivity contribution in [1.29, 1.82) is 0 Å². The van der Waals surface area contributed by atoms with Gasteiger partial charge in [0.2, 0.25) is 0 Å². The molecule has 3 nitrogen and oxygen atoms in total. The fourth-order valence-electron chi connectivity index (χ4n) is 6.70. The standard InChI is InChI=1S/C19H28O3/c1-12-14-5-8-18-9-13(19(22,10-18)11-20)3-4-16(18)17(14,2)7-6-15(12)21/h4,12-14,20,22H,3,5-11H2,1-2H3/t12-,13-,14-,17-,18+,19+/m1/s1. The van der Waals surface area contributed by atoms with Gasteiger partial charge in [-0.15, -0.1) is 0 Å². The summed E-state index contributed by atoms with van der Waals surface area (Å²) in [5.74, 6) is 1.29. The molecular formula is C19H28O3. The van der Waals surface area contributed by atoms with Crippen molar-refractivity contribution >= 4 is 5.78 Å². The van der Waals surface area contributed by atoms with E-state index in [9.17, 15) is 15.0 Å². The number of allylic oxidation sites excluding steroid dienone is 2. The molecule has 4 aliphatic rings. The molecule has 22 heavy (non-hydrogen) atoms. The van der Waals surface area contributed by atoms with Crippen LogP contribution in [-0.2, 0) is 4.79 Å². The summed E-state index contributed by atoms with van der Waals surface area (Å²) >= 11 is 0. The number of rotatable bonds is 1. The summed E-state index contributed by atoms with van der Waals surface area (Å²) in [6.45, 7) is 4.37. The topological polar surface area (TPSA) is 57.5 Å².